The van der Waals surface area contributed by atoms with Gasteiger partial charge in [0.25, 0.3) is 0 Å². The summed E-state index contributed by atoms with van der Waals surface area (Å²) in [5.74, 6) is 0.495. The van der Waals surface area contributed by atoms with Crippen LogP contribution in [-0.4, -0.2) is 27.3 Å². The first-order valence-electron chi connectivity index (χ1n) is 4.70. The molecule has 0 bridgehead atoms. The van der Waals surface area contributed by atoms with E-state index in [2.05, 4.69) is 31.9 Å². The summed E-state index contributed by atoms with van der Waals surface area (Å²) in [4.78, 5) is 1.79. The molecule has 0 aromatic heterocycles. The molecule has 0 spiro atoms. The average Bonchev–Trinajstić information content (AvgIpc) is 2.45. The van der Waals surface area contributed by atoms with Crippen molar-refractivity contribution < 1.29 is 4.74 Å². The fraction of sp³-hybridized carbons (Fsp3) is 0.800. The van der Waals surface area contributed by atoms with Gasteiger partial charge in [0.15, 0.2) is 0 Å². The minimum atomic E-state index is -0.420. The number of halogens is 4. The number of rotatable bonds is 3. The molecular weight excluding hydrogens is 367 g/mol. The maximum absolute atomic E-state index is 6.29. The molecule has 0 saturated carbocycles. The molecular formula is C10H14Br2Cl2O. The Balaban J connectivity index is 2.80. The monoisotopic (exact) mass is 378 g/mol. The van der Waals surface area contributed by atoms with E-state index in [1.807, 2.05) is 19.9 Å². The zero-order valence-corrected chi connectivity index (χ0v) is 13.3. The summed E-state index contributed by atoms with van der Waals surface area (Å²) in [5.41, 5.74) is -0.420. The highest BCUT2D eigenvalue weighted by Gasteiger charge is 2.48. The molecule has 0 aliphatic carbocycles. The van der Waals surface area contributed by atoms with Gasteiger partial charge in [-0.15, -0.1) is 23.2 Å². The highest BCUT2D eigenvalue weighted by molar-refractivity contribution is 9.11. The van der Waals surface area contributed by atoms with Crippen molar-refractivity contribution in [3.05, 3.63) is 11.1 Å². The molecule has 1 nitrogen and oxygen atoms in total. The Hall–Kier alpha value is 1.24. The molecule has 0 radical (unpaired) electrons. The molecule has 1 heterocycles. The fourth-order valence-corrected chi connectivity index (χ4v) is 2.84. The van der Waals surface area contributed by atoms with Crippen LogP contribution in [0.25, 0.3) is 0 Å². The molecule has 0 amide bonds. The molecule has 1 saturated heterocycles. The summed E-state index contributed by atoms with van der Waals surface area (Å²) in [6, 6.07) is 0. The van der Waals surface area contributed by atoms with Crippen molar-refractivity contribution in [1.29, 1.82) is 0 Å². The van der Waals surface area contributed by atoms with Crippen LogP contribution in [0.2, 0.25) is 0 Å². The zero-order chi connectivity index (χ0) is 11.7. The quantitative estimate of drug-likeness (QED) is 0.657. The second-order valence-electron chi connectivity index (χ2n) is 4.20. The van der Waals surface area contributed by atoms with E-state index in [1.165, 1.54) is 0 Å². The topological polar surface area (TPSA) is 9.23 Å². The van der Waals surface area contributed by atoms with Gasteiger partial charge >= 0.3 is 0 Å². The Kier molecular flexibility index (Phi) is 5.01. The van der Waals surface area contributed by atoms with Gasteiger partial charge in [-0.2, -0.15) is 0 Å². The molecule has 0 aromatic carbocycles. The second kappa shape index (κ2) is 5.26. The maximum Gasteiger partial charge on any atom is 0.101 e. The van der Waals surface area contributed by atoms with E-state index in [0.717, 1.165) is 6.42 Å². The summed E-state index contributed by atoms with van der Waals surface area (Å²) in [7, 11) is 0. The number of ether oxygens (including phenoxy) is 1. The fourth-order valence-electron chi connectivity index (χ4n) is 1.57. The number of hydrogen-bond acceptors (Lipinski definition) is 1. The van der Waals surface area contributed by atoms with Crippen LogP contribution in [0.1, 0.15) is 20.3 Å². The van der Waals surface area contributed by atoms with Crippen LogP contribution in [0.5, 0.6) is 0 Å². The number of alkyl halides is 3. The molecule has 5 heteroatoms. The first-order valence-corrected chi connectivity index (χ1v) is 7.38. The van der Waals surface area contributed by atoms with Gasteiger partial charge < -0.3 is 4.74 Å². The average molecular weight is 381 g/mol. The Morgan fingerprint density at radius 1 is 1.67 bits per heavy atom. The van der Waals surface area contributed by atoms with Crippen LogP contribution in [0, 0.1) is 0 Å². The lowest BCUT2D eigenvalue weighted by Gasteiger charge is -2.29. The third-order valence-corrected chi connectivity index (χ3v) is 5.31. The number of hydrogen-bond donors (Lipinski definition) is 0. The van der Waals surface area contributed by atoms with Crippen molar-refractivity contribution in [3.63, 3.8) is 0 Å². The summed E-state index contributed by atoms with van der Waals surface area (Å²) in [5, 5.41) is -0.0311. The molecule has 1 aliphatic rings. The van der Waals surface area contributed by atoms with Crippen molar-refractivity contribution >= 4 is 55.1 Å². The Morgan fingerprint density at radius 2 is 2.27 bits per heavy atom. The molecule has 1 fully saturated rings. The van der Waals surface area contributed by atoms with E-state index < -0.39 is 5.60 Å². The van der Waals surface area contributed by atoms with E-state index in [1.54, 1.807) is 4.99 Å². The van der Waals surface area contributed by atoms with Gasteiger partial charge in [-0.05, 0) is 31.3 Å². The van der Waals surface area contributed by atoms with Crippen LogP contribution >= 0.6 is 55.1 Å². The van der Waals surface area contributed by atoms with Crippen LogP contribution in [0.15, 0.2) is 11.1 Å². The predicted molar refractivity (Wildman–Crippen MR) is 73.7 cm³/mol. The van der Waals surface area contributed by atoms with Gasteiger partial charge in [0, 0.05) is 5.88 Å². The third kappa shape index (κ3) is 3.12. The molecule has 0 aromatic rings. The van der Waals surface area contributed by atoms with Crippen molar-refractivity contribution in [2.75, 3.05) is 5.88 Å². The third-order valence-electron chi connectivity index (χ3n) is 2.77. The SMILES string of the molecule is C[C@]1(/C=C/Br)O[C@H]([C@](C)(Br)CCl)C[C@@H]1Cl. The predicted octanol–water partition coefficient (Wildman–Crippen LogP) is 4.44. The van der Waals surface area contributed by atoms with Crippen LogP contribution in [0.3, 0.4) is 0 Å². The van der Waals surface area contributed by atoms with Gasteiger partial charge in [0.1, 0.15) is 5.60 Å². The Labute approximate surface area is 118 Å². The lowest BCUT2D eigenvalue weighted by atomic mass is 9.99. The smallest absolute Gasteiger partial charge is 0.101 e. The van der Waals surface area contributed by atoms with Crippen molar-refractivity contribution in [2.24, 2.45) is 0 Å². The zero-order valence-electron chi connectivity index (χ0n) is 8.64. The molecule has 1 aliphatic heterocycles. The molecule has 88 valence electrons. The Bertz CT molecular complexity index is 258. The van der Waals surface area contributed by atoms with Crippen molar-refractivity contribution in [3.8, 4) is 0 Å². The minimum absolute atomic E-state index is 0.0311. The van der Waals surface area contributed by atoms with E-state index in [9.17, 15) is 0 Å². The maximum atomic E-state index is 6.29. The second-order valence-corrected chi connectivity index (χ2v) is 7.33. The van der Waals surface area contributed by atoms with Gasteiger partial charge in [-0.1, -0.05) is 31.9 Å². The van der Waals surface area contributed by atoms with Gasteiger partial charge in [0.05, 0.1) is 15.8 Å². The lowest BCUT2D eigenvalue weighted by molar-refractivity contribution is -0.00546. The minimum Gasteiger partial charge on any atom is -0.365 e. The van der Waals surface area contributed by atoms with E-state index in [0.29, 0.717) is 5.88 Å². The highest BCUT2D eigenvalue weighted by atomic mass is 79.9. The Morgan fingerprint density at radius 3 is 2.73 bits per heavy atom. The van der Waals surface area contributed by atoms with E-state index >= 15 is 0 Å². The van der Waals surface area contributed by atoms with Crippen LogP contribution < -0.4 is 0 Å². The standard InChI is InChI=1S/C10H14Br2Cl2O/c1-9(12,6-13)8-5-7(14)10(2,15-8)3-4-11/h3-4,7-8H,5-6H2,1-2H3/b4-3+/t7-,8-,9+,10+/m0/s1. The molecule has 0 N–H and O–H groups in total. The summed E-state index contributed by atoms with van der Waals surface area (Å²) >= 11 is 19.0. The van der Waals surface area contributed by atoms with E-state index in [4.69, 9.17) is 27.9 Å². The molecule has 0 unspecified atom stereocenters. The normalized spacial score (nSPS) is 40.9. The van der Waals surface area contributed by atoms with Crippen LogP contribution in [-0.2, 0) is 4.74 Å². The highest BCUT2D eigenvalue weighted by Crippen LogP contribution is 2.43. The first-order chi connectivity index (χ1) is 6.85. The van der Waals surface area contributed by atoms with Gasteiger partial charge in [0.2, 0.25) is 0 Å². The summed E-state index contributed by atoms with van der Waals surface area (Å²) < 4.78 is 5.75. The largest absolute Gasteiger partial charge is 0.365 e. The van der Waals surface area contributed by atoms with E-state index in [-0.39, 0.29) is 15.8 Å². The summed E-state index contributed by atoms with van der Waals surface area (Å²) in [6.45, 7) is 4.01. The molecule has 15 heavy (non-hydrogen) atoms. The molecule has 4 atom stereocenters. The van der Waals surface area contributed by atoms with Gasteiger partial charge in [-0.3, -0.25) is 0 Å². The molecule has 1 rings (SSSR count). The lowest BCUT2D eigenvalue weighted by Crippen LogP contribution is -2.37. The van der Waals surface area contributed by atoms with Crippen molar-refractivity contribution in [2.45, 2.75) is 41.7 Å². The van der Waals surface area contributed by atoms with Gasteiger partial charge in [-0.25, -0.2) is 0 Å². The summed E-state index contributed by atoms with van der Waals surface area (Å²) in [6.07, 6.45) is 2.76. The van der Waals surface area contributed by atoms with Crippen LogP contribution in [0.4, 0.5) is 0 Å². The van der Waals surface area contributed by atoms with Crippen molar-refractivity contribution in [1.82, 2.24) is 0 Å². The first kappa shape index (κ1) is 14.3.